The van der Waals surface area contributed by atoms with Gasteiger partial charge in [-0.3, -0.25) is 0 Å². The maximum atomic E-state index is 11.4. The second-order valence-corrected chi connectivity index (χ2v) is 3.80. The lowest BCUT2D eigenvalue weighted by Gasteiger charge is -2.08. The maximum absolute atomic E-state index is 11.4. The Morgan fingerprint density at radius 2 is 1.72 bits per heavy atom. The molecule has 18 heavy (non-hydrogen) atoms. The Balaban J connectivity index is 0.000000631. The van der Waals surface area contributed by atoms with E-state index in [9.17, 15) is 4.79 Å². The van der Waals surface area contributed by atoms with Crippen LogP contribution in [-0.2, 0) is 9.16 Å². The number of benzene rings is 1. The first-order valence-electron chi connectivity index (χ1n) is 6.09. The van der Waals surface area contributed by atoms with E-state index in [0.29, 0.717) is 24.5 Å². The number of hydrogen-bond donors (Lipinski definition) is 0. The standard InChI is InChI=1S/C11H14O3.C2H8OSi/c1-3-13-10-8-6-5-7-9(10)11(12)14-4-2;1-2-3-4/h5-8H,3-4H2,1-2H3;2H2,1,4H3. The molecule has 0 unspecified atom stereocenters. The summed E-state index contributed by atoms with van der Waals surface area (Å²) in [6.45, 7) is 7.44. The molecule has 4 nitrogen and oxygen atoms in total. The van der Waals surface area contributed by atoms with Crippen molar-refractivity contribution in [3.8, 4) is 5.75 Å². The Labute approximate surface area is 112 Å². The van der Waals surface area contributed by atoms with Crippen molar-refractivity contribution in [1.82, 2.24) is 0 Å². The number of carbonyl (C=O) groups excluding carboxylic acids is 1. The summed E-state index contributed by atoms with van der Waals surface area (Å²) in [5.41, 5.74) is 0.483. The topological polar surface area (TPSA) is 44.8 Å². The van der Waals surface area contributed by atoms with Crippen LogP contribution < -0.4 is 4.74 Å². The van der Waals surface area contributed by atoms with Gasteiger partial charge in [0.2, 0.25) is 0 Å². The van der Waals surface area contributed by atoms with Crippen LogP contribution in [0.1, 0.15) is 31.1 Å². The van der Waals surface area contributed by atoms with E-state index in [4.69, 9.17) is 9.47 Å². The fourth-order valence-corrected chi connectivity index (χ4v) is 1.13. The highest BCUT2D eigenvalue weighted by atomic mass is 28.2. The van der Waals surface area contributed by atoms with Crippen molar-refractivity contribution in [1.29, 1.82) is 0 Å². The lowest BCUT2D eigenvalue weighted by molar-refractivity contribution is 0.0522. The van der Waals surface area contributed by atoms with Crippen molar-refractivity contribution >= 4 is 16.5 Å². The van der Waals surface area contributed by atoms with Crippen molar-refractivity contribution in [2.24, 2.45) is 0 Å². The molecule has 0 fully saturated rings. The fourth-order valence-electron chi connectivity index (χ4n) is 1.13. The zero-order valence-corrected chi connectivity index (χ0v) is 13.6. The molecule has 0 spiro atoms. The van der Waals surface area contributed by atoms with Crippen LogP contribution in [0.3, 0.4) is 0 Å². The van der Waals surface area contributed by atoms with Crippen LogP contribution in [0.2, 0.25) is 0 Å². The molecule has 5 heteroatoms. The summed E-state index contributed by atoms with van der Waals surface area (Å²) >= 11 is 0. The van der Waals surface area contributed by atoms with Crippen molar-refractivity contribution in [3.63, 3.8) is 0 Å². The Kier molecular flexibility index (Phi) is 10.00. The highest BCUT2D eigenvalue weighted by Gasteiger charge is 2.11. The Hall–Kier alpha value is -1.33. The molecule has 0 aliphatic heterocycles. The second kappa shape index (κ2) is 10.8. The number of ether oxygens (including phenoxy) is 2. The normalized spacial score (nSPS) is 9.28. The van der Waals surface area contributed by atoms with E-state index < -0.39 is 0 Å². The Bertz CT molecular complexity index is 340. The van der Waals surface area contributed by atoms with E-state index in [1.54, 1.807) is 25.1 Å². The van der Waals surface area contributed by atoms with Gasteiger partial charge >= 0.3 is 5.97 Å². The molecule has 1 aromatic carbocycles. The highest BCUT2D eigenvalue weighted by molar-refractivity contribution is 5.97. The van der Waals surface area contributed by atoms with Crippen LogP contribution >= 0.6 is 0 Å². The predicted octanol–water partition coefficient (Wildman–Crippen LogP) is 1.57. The lowest BCUT2D eigenvalue weighted by Crippen LogP contribution is -2.07. The molecule has 0 bridgehead atoms. The van der Waals surface area contributed by atoms with E-state index >= 15 is 0 Å². The number of hydrogen-bond acceptors (Lipinski definition) is 4. The van der Waals surface area contributed by atoms with E-state index in [1.165, 1.54) is 0 Å². The fraction of sp³-hybridized carbons (Fsp3) is 0.462. The van der Waals surface area contributed by atoms with E-state index in [1.807, 2.05) is 19.9 Å². The first kappa shape index (κ1) is 16.7. The van der Waals surface area contributed by atoms with Crippen molar-refractivity contribution in [2.75, 3.05) is 19.8 Å². The summed E-state index contributed by atoms with van der Waals surface area (Å²) in [5, 5.41) is 0. The van der Waals surface area contributed by atoms with Crippen molar-refractivity contribution < 1.29 is 18.7 Å². The van der Waals surface area contributed by atoms with Crippen LogP contribution in [0, 0.1) is 0 Å². The molecule has 0 aliphatic carbocycles. The van der Waals surface area contributed by atoms with E-state index in [0.717, 1.165) is 17.1 Å². The third kappa shape index (κ3) is 6.41. The van der Waals surface area contributed by atoms with Gasteiger partial charge in [-0.15, -0.1) is 0 Å². The number of para-hydroxylation sites is 1. The van der Waals surface area contributed by atoms with Crippen LogP contribution in [0.15, 0.2) is 24.3 Å². The van der Waals surface area contributed by atoms with Crippen LogP contribution in [0.5, 0.6) is 5.75 Å². The van der Waals surface area contributed by atoms with Crippen LogP contribution in [0.4, 0.5) is 0 Å². The highest BCUT2D eigenvalue weighted by Crippen LogP contribution is 2.18. The molecular weight excluding hydrogens is 248 g/mol. The number of esters is 1. The third-order valence-corrected chi connectivity index (χ3v) is 2.55. The molecule has 1 aromatic rings. The summed E-state index contributed by atoms with van der Waals surface area (Å²) in [6, 6.07) is 7.07. The molecule has 0 saturated carbocycles. The van der Waals surface area contributed by atoms with Gasteiger partial charge in [-0.2, -0.15) is 0 Å². The first-order chi connectivity index (χ1) is 8.71. The molecule has 0 aromatic heterocycles. The predicted molar refractivity (Wildman–Crippen MR) is 75.1 cm³/mol. The molecular formula is C13H22O4Si. The largest absolute Gasteiger partial charge is 0.493 e. The molecule has 0 aliphatic rings. The van der Waals surface area contributed by atoms with Gasteiger partial charge in [-0.05, 0) is 32.9 Å². The Morgan fingerprint density at radius 3 is 2.22 bits per heavy atom. The first-order valence-corrected chi connectivity index (χ1v) is 6.90. The minimum Gasteiger partial charge on any atom is -0.493 e. The molecule has 0 atom stereocenters. The molecule has 0 radical (unpaired) electrons. The zero-order valence-electron chi connectivity index (χ0n) is 11.6. The summed E-state index contributed by atoms with van der Waals surface area (Å²) in [7, 11) is 0.890. The molecule has 0 amide bonds. The quantitative estimate of drug-likeness (QED) is 0.602. The van der Waals surface area contributed by atoms with Gasteiger partial charge in [0.05, 0.1) is 13.2 Å². The summed E-state index contributed by atoms with van der Waals surface area (Å²) in [5.74, 6) is 0.241. The monoisotopic (exact) mass is 270 g/mol. The van der Waals surface area contributed by atoms with E-state index in [2.05, 4.69) is 4.43 Å². The average Bonchev–Trinajstić information content (AvgIpc) is 2.40. The maximum Gasteiger partial charge on any atom is 0.341 e. The van der Waals surface area contributed by atoms with Gasteiger partial charge < -0.3 is 13.9 Å². The minimum atomic E-state index is -0.337. The summed E-state index contributed by atoms with van der Waals surface area (Å²) < 4.78 is 14.9. The van der Waals surface area contributed by atoms with Crippen LogP contribution in [-0.4, -0.2) is 36.3 Å². The van der Waals surface area contributed by atoms with Gasteiger partial charge in [0.1, 0.15) is 21.8 Å². The third-order valence-electron chi connectivity index (χ3n) is 1.97. The summed E-state index contributed by atoms with van der Waals surface area (Å²) in [4.78, 5) is 11.4. The molecule has 0 heterocycles. The SMILES string of the molecule is CCOC(=O)c1ccccc1OCC.CCO[SiH3]. The molecule has 0 N–H and O–H groups in total. The smallest absolute Gasteiger partial charge is 0.341 e. The van der Waals surface area contributed by atoms with Crippen LogP contribution in [0.25, 0.3) is 0 Å². The van der Waals surface area contributed by atoms with Gasteiger partial charge in [-0.1, -0.05) is 12.1 Å². The molecule has 1 rings (SSSR count). The molecule has 0 saturated heterocycles. The van der Waals surface area contributed by atoms with Gasteiger partial charge in [-0.25, -0.2) is 4.79 Å². The number of rotatable bonds is 5. The molecule has 102 valence electrons. The second-order valence-electron chi connectivity index (χ2n) is 3.23. The zero-order chi connectivity index (χ0) is 13.8. The Morgan fingerprint density at radius 1 is 1.11 bits per heavy atom. The van der Waals surface area contributed by atoms with E-state index in [-0.39, 0.29) is 5.97 Å². The number of carbonyl (C=O) groups is 1. The average molecular weight is 270 g/mol. The summed E-state index contributed by atoms with van der Waals surface area (Å²) in [6.07, 6.45) is 0. The van der Waals surface area contributed by atoms with Crippen molar-refractivity contribution in [3.05, 3.63) is 29.8 Å². The van der Waals surface area contributed by atoms with Gasteiger partial charge in [0, 0.05) is 6.61 Å². The lowest BCUT2D eigenvalue weighted by atomic mass is 10.2. The van der Waals surface area contributed by atoms with Crippen molar-refractivity contribution in [2.45, 2.75) is 20.8 Å². The minimum absolute atomic E-state index is 0.337. The van der Waals surface area contributed by atoms with Gasteiger partial charge in [0.15, 0.2) is 0 Å². The van der Waals surface area contributed by atoms with Gasteiger partial charge in [0.25, 0.3) is 0 Å².